The van der Waals surface area contributed by atoms with E-state index in [1.54, 1.807) is 25.1 Å². The van der Waals surface area contributed by atoms with E-state index >= 15 is 0 Å². The number of halogens is 3. The van der Waals surface area contributed by atoms with Crippen LogP contribution in [0.2, 0.25) is 0 Å². The van der Waals surface area contributed by atoms with Gasteiger partial charge in [-0.3, -0.25) is 0 Å². The molecular weight excluding hydrogens is 459 g/mol. The van der Waals surface area contributed by atoms with Crippen LogP contribution in [0, 0.1) is 5.82 Å². The number of esters is 1. The zero-order valence-corrected chi connectivity index (χ0v) is 19.3. The number of allylic oxidation sites excluding steroid dienone is 1. The first kappa shape index (κ1) is 23.1. The van der Waals surface area contributed by atoms with Gasteiger partial charge in [-0.1, -0.05) is 6.58 Å². The highest BCUT2D eigenvalue weighted by Crippen LogP contribution is 2.43. The monoisotopic (exact) mass is 483 g/mol. The van der Waals surface area contributed by atoms with E-state index in [1.165, 1.54) is 23.8 Å². The fraction of sp³-hybridized carbons (Fsp3) is 0.320. The van der Waals surface area contributed by atoms with Crippen LogP contribution in [-0.2, 0) is 11.3 Å². The third-order valence-electron chi connectivity index (χ3n) is 6.22. The molecule has 0 saturated heterocycles. The molecular formula is C25H24F3N5O2. The molecule has 1 fully saturated rings. The molecule has 1 saturated carbocycles. The molecule has 1 atom stereocenters. The number of nitrogens with zero attached hydrogens (tertiary/aromatic N) is 4. The fourth-order valence-corrected chi connectivity index (χ4v) is 4.28. The van der Waals surface area contributed by atoms with Crippen molar-refractivity contribution in [3.63, 3.8) is 0 Å². The molecule has 10 heteroatoms. The van der Waals surface area contributed by atoms with Gasteiger partial charge in [0.05, 0.1) is 41.6 Å². The predicted molar refractivity (Wildman–Crippen MR) is 126 cm³/mol. The lowest BCUT2D eigenvalue weighted by molar-refractivity contribution is 0.0379. The predicted octanol–water partition coefficient (Wildman–Crippen LogP) is 5.15. The standard InChI is InChI=1S/C25H24F3N5O2/c1-4-25(27,28)12-32-21(9-14-5-8-18(13(2)29)30-22(14)32)23-31-19-10-16(24(34)35-3)17(26)11-20(19)33(23)15-6-7-15/h4-5,8-11,13,15H,1,6-7,12,29H2,2-3H3. The highest BCUT2D eigenvalue weighted by molar-refractivity contribution is 5.95. The van der Waals surface area contributed by atoms with Crippen LogP contribution in [0.5, 0.6) is 0 Å². The van der Waals surface area contributed by atoms with Gasteiger partial charge in [0, 0.05) is 23.5 Å². The molecule has 2 N–H and O–H groups in total. The van der Waals surface area contributed by atoms with Crippen LogP contribution < -0.4 is 5.73 Å². The summed E-state index contributed by atoms with van der Waals surface area (Å²) in [5.74, 6) is -4.38. The Morgan fingerprint density at radius 3 is 2.69 bits per heavy atom. The summed E-state index contributed by atoms with van der Waals surface area (Å²) >= 11 is 0. The van der Waals surface area contributed by atoms with Crippen molar-refractivity contribution in [2.24, 2.45) is 5.73 Å². The van der Waals surface area contributed by atoms with E-state index < -0.39 is 24.3 Å². The van der Waals surface area contributed by atoms with E-state index in [1.807, 2.05) is 4.57 Å². The van der Waals surface area contributed by atoms with Crippen LogP contribution in [0.15, 0.2) is 43.0 Å². The molecule has 1 aliphatic rings. The molecule has 5 rings (SSSR count). The largest absolute Gasteiger partial charge is 0.465 e. The Bertz CT molecular complexity index is 1480. The van der Waals surface area contributed by atoms with Gasteiger partial charge < -0.3 is 19.6 Å². The van der Waals surface area contributed by atoms with Crippen molar-refractivity contribution in [1.29, 1.82) is 0 Å². The summed E-state index contributed by atoms with van der Waals surface area (Å²) in [5.41, 5.74) is 7.89. The van der Waals surface area contributed by atoms with Crippen molar-refractivity contribution in [2.45, 2.75) is 44.3 Å². The lowest BCUT2D eigenvalue weighted by atomic mass is 10.2. The number of carbonyl (C=O) groups excluding carboxylic acids is 1. The van der Waals surface area contributed by atoms with Gasteiger partial charge in [-0.15, -0.1) is 0 Å². The lowest BCUT2D eigenvalue weighted by Crippen LogP contribution is -2.22. The quantitative estimate of drug-likeness (QED) is 0.290. The second-order valence-electron chi connectivity index (χ2n) is 8.87. The fourth-order valence-electron chi connectivity index (χ4n) is 4.28. The Hall–Kier alpha value is -3.66. The van der Waals surface area contributed by atoms with Crippen molar-refractivity contribution in [1.82, 2.24) is 19.1 Å². The van der Waals surface area contributed by atoms with Gasteiger partial charge in [-0.05, 0) is 50.1 Å². The number of fused-ring (bicyclic) bond motifs is 2. The summed E-state index contributed by atoms with van der Waals surface area (Å²) in [6.45, 7) is 4.32. The normalized spacial score (nSPS) is 15.0. The highest BCUT2D eigenvalue weighted by atomic mass is 19.3. The first-order valence-corrected chi connectivity index (χ1v) is 11.2. The summed E-state index contributed by atoms with van der Waals surface area (Å²) in [5, 5.41) is 0.639. The van der Waals surface area contributed by atoms with Gasteiger partial charge in [-0.2, -0.15) is 0 Å². The van der Waals surface area contributed by atoms with Crippen LogP contribution in [-0.4, -0.2) is 38.1 Å². The number of carbonyl (C=O) groups is 1. The number of pyridine rings is 1. The van der Waals surface area contributed by atoms with Gasteiger partial charge in [0.15, 0.2) is 5.82 Å². The number of hydrogen-bond acceptors (Lipinski definition) is 5. The second kappa shape index (κ2) is 8.23. The van der Waals surface area contributed by atoms with E-state index in [0.29, 0.717) is 45.4 Å². The number of aromatic nitrogens is 4. The molecule has 1 aromatic carbocycles. The van der Waals surface area contributed by atoms with Gasteiger partial charge in [0.1, 0.15) is 11.5 Å². The van der Waals surface area contributed by atoms with E-state index in [0.717, 1.165) is 12.8 Å². The molecule has 182 valence electrons. The van der Waals surface area contributed by atoms with E-state index in [4.69, 9.17) is 5.73 Å². The Kier molecular flexibility index (Phi) is 5.43. The minimum absolute atomic E-state index is 0.0392. The van der Waals surface area contributed by atoms with Crippen molar-refractivity contribution in [3.05, 3.63) is 60.1 Å². The average molecular weight is 483 g/mol. The first-order valence-electron chi connectivity index (χ1n) is 11.2. The van der Waals surface area contributed by atoms with Crippen molar-refractivity contribution >= 4 is 28.0 Å². The second-order valence-corrected chi connectivity index (χ2v) is 8.87. The van der Waals surface area contributed by atoms with Gasteiger partial charge in [0.2, 0.25) is 0 Å². The maximum atomic E-state index is 14.8. The third kappa shape index (κ3) is 3.97. The summed E-state index contributed by atoms with van der Waals surface area (Å²) in [6, 6.07) is 7.51. The topological polar surface area (TPSA) is 88.0 Å². The number of methoxy groups -OCH3 is 1. The Balaban J connectivity index is 1.80. The maximum Gasteiger partial charge on any atom is 0.340 e. The van der Waals surface area contributed by atoms with E-state index in [9.17, 15) is 18.0 Å². The number of rotatable bonds is 7. The number of hydrogen-bond donors (Lipinski definition) is 1. The first-order chi connectivity index (χ1) is 16.6. The molecule has 0 amide bonds. The lowest BCUT2D eigenvalue weighted by Gasteiger charge is -2.17. The SMILES string of the molecule is C=CC(F)(F)Cn1c(-c2nc3cc(C(=O)OC)c(F)cc3n2C2CC2)cc2ccc(C(C)N)nc21. The van der Waals surface area contributed by atoms with Gasteiger partial charge in [-0.25, -0.2) is 27.9 Å². The van der Waals surface area contributed by atoms with Gasteiger partial charge >= 0.3 is 5.97 Å². The zero-order chi connectivity index (χ0) is 25.1. The maximum absolute atomic E-state index is 14.8. The molecule has 4 aromatic rings. The smallest absolute Gasteiger partial charge is 0.340 e. The molecule has 3 aromatic heterocycles. The number of alkyl halides is 2. The molecule has 0 aliphatic heterocycles. The van der Waals surface area contributed by atoms with E-state index in [-0.39, 0.29) is 17.6 Å². The Morgan fingerprint density at radius 2 is 2.06 bits per heavy atom. The molecule has 0 bridgehead atoms. The van der Waals surface area contributed by atoms with Gasteiger partial charge in [0.25, 0.3) is 5.92 Å². The van der Waals surface area contributed by atoms with Crippen LogP contribution in [0.3, 0.4) is 0 Å². The van der Waals surface area contributed by atoms with Crippen molar-refractivity contribution in [3.8, 4) is 11.5 Å². The van der Waals surface area contributed by atoms with Crippen molar-refractivity contribution < 1.29 is 22.7 Å². The number of imidazole rings is 1. The number of benzene rings is 1. The van der Waals surface area contributed by atoms with E-state index in [2.05, 4.69) is 21.3 Å². The molecule has 35 heavy (non-hydrogen) atoms. The molecule has 1 aliphatic carbocycles. The van der Waals surface area contributed by atoms with Crippen molar-refractivity contribution in [2.75, 3.05) is 7.11 Å². The number of nitrogens with two attached hydrogens (primary N) is 1. The summed E-state index contributed by atoms with van der Waals surface area (Å²) in [6.07, 6.45) is 2.28. The van der Waals surface area contributed by atoms with Crippen LogP contribution >= 0.6 is 0 Å². The molecule has 0 radical (unpaired) electrons. The molecule has 3 heterocycles. The Morgan fingerprint density at radius 1 is 1.31 bits per heavy atom. The highest BCUT2D eigenvalue weighted by Gasteiger charge is 2.33. The summed E-state index contributed by atoms with van der Waals surface area (Å²) in [4.78, 5) is 21.3. The third-order valence-corrected chi connectivity index (χ3v) is 6.22. The van der Waals surface area contributed by atoms with Crippen LogP contribution in [0.25, 0.3) is 33.6 Å². The molecule has 1 unspecified atom stereocenters. The Labute approximate surface area is 199 Å². The zero-order valence-electron chi connectivity index (χ0n) is 19.3. The minimum atomic E-state index is -3.21. The summed E-state index contributed by atoms with van der Waals surface area (Å²) < 4.78 is 51.9. The average Bonchev–Trinajstić information content (AvgIpc) is 3.52. The molecule has 7 nitrogen and oxygen atoms in total. The van der Waals surface area contributed by atoms with Crippen LogP contribution in [0.4, 0.5) is 13.2 Å². The summed E-state index contributed by atoms with van der Waals surface area (Å²) in [7, 11) is 1.17. The molecule has 0 spiro atoms. The van der Waals surface area contributed by atoms with Crippen LogP contribution in [0.1, 0.15) is 47.9 Å². The minimum Gasteiger partial charge on any atom is -0.465 e. The number of ether oxygens (including phenoxy) is 1.